The topological polar surface area (TPSA) is 74.5 Å². The average Bonchev–Trinajstić information content (AvgIpc) is 3.45. The molecule has 2 unspecified atom stereocenters. The van der Waals surface area contributed by atoms with E-state index in [1.165, 1.54) is 5.56 Å². The van der Waals surface area contributed by atoms with Gasteiger partial charge in [-0.1, -0.05) is 0 Å². The summed E-state index contributed by atoms with van der Waals surface area (Å²) in [4.78, 5) is 8.99. The van der Waals surface area contributed by atoms with Gasteiger partial charge >= 0.3 is 0 Å². The summed E-state index contributed by atoms with van der Waals surface area (Å²) in [5.74, 6) is 3.39. The summed E-state index contributed by atoms with van der Waals surface area (Å²) < 4.78 is 16.4. The van der Waals surface area contributed by atoms with Crippen LogP contribution in [0, 0.1) is 0 Å². The number of guanidine groups is 1. The smallest absolute Gasteiger partial charge is 0.191 e. The maximum absolute atomic E-state index is 5.59. The number of aliphatic imine (C=N–C) groups is 1. The molecule has 8 heteroatoms. The SMILES string of the molecule is CN=C(NCC(c1ccco1)N(C)C)NC1CCN(Cc2cc(OC)cc(OC)c2)C1. The average molecular weight is 430 g/mol. The van der Waals surface area contributed by atoms with Crippen molar-refractivity contribution in [1.29, 1.82) is 0 Å². The first-order valence-electron chi connectivity index (χ1n) is 10.6. The van der Waals surface area contributed by atoms with Crippen LogP contribution in [-0.4, -0.2) is 76.8 Å². The predicted molar refractivity (Wildman–Crippen MR) is 123 cm³/mol. The lowest BCUT2D eigenvalue weighted by molar-refractivity contribution is 0.258. The van der Waals surface area contributed by atoms with Crippen molar-refractivity contribution in [3.63, 3.8) is 0 Å². The molecule has 0 radical (unpaired) electrons. The molecule has 0 bridgehead atoms. The Labute approximate surface area is 185 Å². The molecule has 2 aromatic rings. The Morgan fingerprint density at radius 1 is 1.26 bits per heavy atom. The second kappa shape index (κ2) is 11.1. The molecule has 0 amide bonds. The first kappa shape index (κ1) is 23.0. The molecule has 0 spiro atoms. The highest BCUT2D eigenvalue weighted by atomic mass is 16.5. The molecule has 1 fully saturated rings. The molecular formula is C23H35N5O3. The molecule has 2 atom stereocenters. The van der Waals surface area contributed by atoms with Gasteiger partial charge in [-0.15, -0.1) is 0 Å². The Morgan fingerprint density at radius 2 is 2.00 bits per heavy atom. The van der Waals surface area contributed by atoms with Crippen molar-refractivity contribution < 1.29 is 13.9 Å². The van der Waals surface area contributed by atoms with E-state index < -0.39 is 0 Å². The number of methoxy groups -OCH3 is 2. The van der Waals surface area contributed by atoms with Crippen molar-refractivity contribution in [2.24, 2.45) is 4.99 Å². The van der Waals surface area contributed by atoms with E-state index in [1.54, 1.807) is 20.5 Å². The Balaban J connectivity index is 1.51. The van der Waals surface area contributed by atoms with Crippen LogP contribution in [-0.2, 0) is 6.54 Å². The fourth-order valence-electron chi connectivity index (χ4n) is 3.91. The van der Waals surface area contributed by atoms with E-state index in [0.717, 1.165) is 49.3 Å². The minimum atomic E-state index is 0.136. The Morgan fingerprint density at radius 3 is 2.58 bits per heavy atom. The summed E-state index contributed by atoms with van der Waals surface area (Å²) in [6.45, 7) is 3.55. The summed E-state index contributed by atoms with van der Waals surface area (Å²) in [5, 5.41) is 7.01. The number of hydrogen-bond donors (Lipinski definition) is 2. The maximum Gasteiger partial charge on any atom is 0.191 e. The van der Waals surface area contributed by atoms with Crippen LogP contribution in [0.5, 0.6) is 11.5 Å². The number of likely N-dealkylation sites (tertiary alicyclic amines) is 1. The molecule has 0 saturated carbocycles. The standard InChI is InChI=1S/C23H35N5O3/c1-24-23(25-14-21(27(2)3)22-7-6-10-31-22)26-18-8-9-28(16-18)15-17-11-19(29-4)13-20(12-17)30-5/h6-7,10-13,18,21H,8-9,14-16H2,1-5H3,(H2,24,25,26). The third kappa shape index (κ3) is 6.38. The molecule has 1 aliphatic rings. The molecule has 1 aromatic heterocycles. The number of hydrogen-bond acceptors (Lipinski definition) is 6. The lowest BCUT2D eigenvalue weighted by Crippen LogP contribution is -2.46. The van der Waals surface area contributed by atoms with Gasteiger partial charge in [0.1, 0.15) is 17.3 Å². The molecular weight excluding hydrogens is 394 g/mol. The maximum atomic E-state index is 5.59. The summed E-state index contributed by atoms with van der Waals surface area (Å²) in [5.41, 5.74) is 1.19. The molecule has 170 valence electrons. The van der Waals surface area contributed by atoms with E-state index in [2.05, 4.69) is 37.6 Å². The van der Waals surface area contributed by atoms with Crippen molar-refractivity contribution in [3.05, 3.63) is 47.9 Å². The quantitative estimate of drug-likeness (QED) is 0.468. The predicted octanol–water partition coefficient (Wildman–Crippen LogP) is 2.34. The van der Waals surface area contributed by atoms with E-state index in [4.69, 9.17) is 13.9 Å². The van der Waals surface area contributed by atoms with Gasteiger partial charge in [0.2, 0.25) is 0 Å². The van der Waals surface area contributed by atoms with Crippen molar-refractivity contribution in [3.8, 4) is 11.5 Å². The molecule has 0 aliphatic carbocycles. The highest BCUT2D eigenvalue weighted by molar-refractivity contribution is 5.80. The summed E-state index contributed by atoms with van der Waals surface area (Å²) in [7, 11) is 9.27. The van der Waals surface area contributed by atoms with Gasteiger partial charge in [-0.05, 0) is 50.3 Å². The monoisotopic (exact) mass is 429 g/mol. The zero-order valence-electron chi connectivity index (χ0n) is 19.2. The molecule has 1 aromatic carbocycles. The summed E-state index contributed by atoms with van der Waals surface area (Å²) in [6.07, 6.45) is 2.78. The zero-order valence-corrected chi connectivity index (χ0v) is 19.2. The zero-order chi connectivity index (χ0) is 22.2. The van der Waals surface area contributed by atoms with Gasteiger partial charge in [-0.25, -0.2) is 0 Å². The van der Waals surface area contributed by atoms with Gasteiger partial charge in [0.05, 0.1) is 26.5 Å². The van der Waals surface area contributed by atoms with Crippen LogP contribution in [0.15, 0.2) is 46.0 Å². The second-order valence-electron chi connectivity index (χ2n) is 8.03. The first-order chi connectivity index (χ1) is 15.0. The number of rotatable bonds is 9. The lowest BCUT2D eigenvalue weighted by Gasteiger charge is -2.25. The van der Waals surface area contributed by atoms with E-state index in [9.17, 15) is 0 Å². The highest BCUT2D eigenvalue weighted by Crippen LogP contribution is 2.24. The van der Waals surface area contributed by atoms with Crippen LogP contribution in [0.25, 0.3) is 0 Å². The number of nitrogens with zero attached hydrogens (tertiary/aromatic N) is 3. The van der Waals surface area contributed by atoms with Crippen LogP contribution in [0.2, 0.25) is 0 Å². The number of benzene rings is 1. The van der Waals surface area contributed by atoms with Crippen LogP contribution in [0.3, 0.4) is 0 Å². The van der Waals surface area contributed by atoms with Crippen LogP contribution >= 0.6 is 0 Å². The first-order valence-corrected chi connectivity index (χ1v) is 10.6. The van der Waals surface area contributed by atoms with Gasteiger partial charge in [0, 0.05) is 45.3 Å². The second-order valence-corrected chi connectivity index (χ2v) is 8.03. The van der Waals surface area contributed by atoms with Gasteiger partial charge in [0.15, 0.2) is 5.96 Å². The fraction of sp³-hybridized carbons (Fsp3) is 0.522. The van der Waals surface area contributed by atoms with Crippen molar-refractivity contribution in [2.45, 2.75) is 25.0 Å². The number of likely N-dealkylation sites (N-methyl/N-ethyl adjacent to an activating group) is 1. The molecule has 3 rings (SSSR count). The normalized spacial score (nSPS) is 18.3. The number of furan rings is 1. The van der Waals surface area contributed by atoms with Crippen molar-refractivity contribution in [2.75, 3.05) is 55.0 Å². The van der Waals surface area contributed by atoms with E-state index in [0.29, 0.717) is 12.6 Å². The van der Waals surface area contributed by atoms with Crippen LogP contribution in [0.1, 0.15) is 23.8 Å². The fourth-order valence-corrected chi connectivity index (χ4v) is 3.91. The minimum Gasteiger partial charge on any atom is -0.497 e. The van der Waals surface area contributed by atoms with E-state index >= 15 is 0 Å². The van der Waals surface area contributed by atoms with Crippen molar-refractivity contribution in [1.82, 2.24) is 20.4 Å². The molecule has 2 heterocycles. The van der Waals surface area contributed by atoms with Gasteiger partial charge in [-0.2, -0.15) is 0 Å². The minimum absolute atomic E-state index is 0.136. The van der Waals surface area contributed by atoms with Gasteiger partial charge in [-0.3, -0.25) is 14.8 Å². The Hall–Kier alpha value is -2.71. The molecule has 31 heavy (non-hydrogen) atoms. The van der Waals surface area contributed by atoms with E-state index in [1.807, 2.05) is 39.3 Å². The summed E-state index contributed by atoms with van der Waals surface area (Å²) in [6, 6.07) is 10.4. The lowest BCUT2D eigenvalue weighted by atomic mass is 10.2. The van der Waals surface area contributed by atoms with Crippen LogP contribution in [0.4, 0.5) is 0 Å². The Bertz CT molecular complexity index is 815. The molecule has 8 nitrogen and oxygen atoms in total. The molecule has 2 N–H and O–H groups in total. The van der Waals surface area contributed by atoms with Crippen LogP contribution < -0.4 is 20.1 Å². The van der Waals surface area contributed by atoms with Crippen molar-refractivity contribution >= 4 is 5.96 Å². The van der Waals surface area contributed by atoms with Gasteiger partial charge < -0.3 is 24.5 Å². The number of nitrogens with one attached hydrogen (secondary N) is 2. The molecule has 1 saturated heterocycles. The Kier molecular flexibility index (Phi) is 8.20. The molecule has 1 aliphatic heterocycles. The third-order valence-electron chi connectivity index (χ3n) is 5.61. The number of ether oxygens (including phenoxy) is 2. The third-order valence-corrected chi connectivity index (χ3v) is 5.61. The van der Waals surface area contributed by atoms with Gasteiger partial charge in [0.25, 0.3) is 0 Å². The largest absolute Gasteiger partial charge is 0.497 e. The van der Waals surface area contributed by atoms with E-state index in [-0.39, 0.29) is 6.04 Å². The summed E-state index contributed by atoms with van der Waals surface area (Å²) >= 11 is 0. The highest BCUT2D eigenvalue weighted by Gasteiger charge is 2.24.